The van der Waals surface area contributed by atoms with Gasteiger partial charge in [0.25, 0.3) is 0 Å². The van der Waals surface area contributed by atoms with Crippen LogP contribution in [-0.2, 0) is 14.2 Å². The summed E-state index contributed by atoms with van der Waals surface area (Å²) < 4.78 is 15.8. The summed E-state index contributed by atoms with van der Waals surface area (Å²) in [5, 5.41) is 47.8. The van der Waals surface area contributed by atoms with Crippen LogP contribution >= 0.6 is 0 Å². The molecule has 0 spiro atoms. The first-order valence-corrected chi connectivity index (χ1v) is 6.89. The van der Waals surface area contributed by atoms with Crippen molar-refractivity contribution in [1.29, 1.82) is 0 Å². The van der Waals surface area contributed by atoms with Gasteiger partial charge in [0.2, 0.25) is 0 Å². The lowest BCUT2D eigenvalue weighted by atomic mass is 9.99. The van der Waals surface area contributed by atoms with Crippen molar-refractivity contribution in [3.05, 3.63) is 0 Å². The van der Waals surface area contributed by atoms with Gasteiger partial charge in [0.05, 0.1) is 18.8 Å². The standard InChI is InChI=1S/C12H23NO8/c1-4-8(14)5(13)2-7(20-4)19-3-6-9(15)10(16)11(17)12(18)21-6/h4-12,14-18H,2-3,13H2,1H3/t4-,5+,6+,7+,8-,9+,10-,11+,12-/m0/s1. The van der Waals surface area contributed by atoms with Crippen LogP contribution in [0.25, 0.3) is 0 Å². The molecule has 9 heteroatoms. The second-order valence-electron chi connectivity index (χ2n) is 5.53. The highest BCUT2D eigenvalue weighted by Crippen LogP contribution is 2.23. The largest absolute Gasteiger partial charge is 0.389 e. The molecule has 7 N–H and O–H groups in total. The highest BCUT2D eigenvalue weighted by molar-refractivity contribution is 4.89. The molecular formula is C12H23NO8. The zero-order valence-electron chi connectivity index (χ0n) is 11.6. The second kappa shape index (κ2) is 6.82. The van der Waals surface area contributed by atoms with Gasteiger partial charge in [-0.15, -0.1) is 0 Å². The minimum atomic E-state index is -1.60. The fourth-order valence-electron chi connectivity index (χ4n) is 2.46. The van der Waals surface area contributed by atoms with Crippen molar-refractivity contribution >= 4 is 0 Å². The van der Waals surface area contributed by atoms with Crippen molar-refractivity contribution in [2.75, 3.05) is 6.61 Å². The van der Waals surface area contributed by atoms with Gasteiger partial charge in [-0.2, -0.15) is 0 Å². The molecule has 0 saturated carbocycles. The van der Waals surface area contributed by atoms with Crippen LogP contribution in [0.5, 0.6) is 0 Å². The molecule has 2 aliphatic rings. The van der Waals surface area contributed by atoms with E-state index in [0.717, 1.165) is 0 Å². The smallest absolute Gasteiger partial charge is 0.184 e. The Hall–Kier alpha value is -0.360. The Morgan fingerprint density at radius 2 is 1.67 bits per heavy atom. The van der Waals surface area contributed by atoms with Crippen molar-refractivity contribution < 1.29 is 39.7 Å². The van der Waals surface area contributed by atoms with Gasteiger partial charge in [-0.05, 0) is 6.92 Å². The summed E-state index contributed by atoms with van der Waals surface area (Å²) in [4.78, 5) is 0. The maximum Gasteiger partial charge on any atom is 0.184 e. The third-order valence-electron chi connectivity index (χ3n) is 3.88. The van der Waals surface area contributed by atoms with Gasteiger partial charge in [-0.25, -0.2) is 0 Å². The molecule has 124 valence electrons. The Labute approximate surface area is 121 Å². The van der Waals surface area contributed by atoms with Gasteiger partial charge >= 0.3 is 0 Å². The van der Waals surface area contributed by atoms with Crippen molar-refractivity contribution in [1.82, 2.24) is 0 Å². The normalized spacial score (nSPS) is 51.9. The number of ether oxygens (including phenoxy) is 3. The van der Waals surface area contributed by atoms with E-state index >= 15 is 0 Å². The number of hydrogen-bond acceptors (Lipinski definition) is 9. The van der Waals surface area contributed by atoms with Crippen LogP contribution in [0.1, 0.15) is 13.3 Å². The van der Waals surface area contributed by atoms with Crippen LogP contribution in [0.2, 0.25) is 0 Å². The zero-order valence-corrected chi connectivity index (χ0v) is 11.6. The molecule has 2 fully saturated rings. The predicted molar refractivity (Wildman–Crippen MR) is 67.8 cm³/mol. The molecule has 2 saturated heterocycles. The van der Waals surface area contributed by atoms with E-state index in [2.05, 4.69) is 0 Å². The van der Waals surface area contributed by atoms with Gasteiger partial charge in [-0.1, -0.05) is 0 Å². The molecular weight excluding hydrogens is 286 g/mol. The minimum Gasteiger partial charge on any atom is -0.389 e. The summed E-state index contributed by atoms with van der Waals surface area (Å²) in [6, 6.07) is -0.492. The average Bonchev–Trinajstić information content (AvgIpc) is 2.44. The van der Waals surface area contributed by atoms with Crippen molar-refractivity contribution in [3.8, 4) is 0 Å². The molecule has 0 unspecified atom stereocenters. The molecule has 0 aromatic carbocycles. The summed E-state index contributed by atoms with van der Waals surface area (Å²) in [7, 11) is 0. The Bertz CT molecular complexity index is 333. The van der Waals surface area contributed by atoms with Crippen molar-refractivity contribution in [3.63, 3.8) is 0 Å². The Morgan fingerprint density at radius 3 is 2.29 bits per heavy atom. The Kier molecular flexibility index (Phi) is 5.52. The van der Waals surface area contributed by atoms with E-state index in [1.807, 2.05) is 0 Å². The maximum absolute atomic E-state index is 9.77. The molecule has 0 aliphatic carbocycles. The molecule has 2 rings (SSSR count). The molecule has 21 heavy (non-hydrogen) atoms. The monoisotopic (exact) mass is 309 g/mol. The number of nitrogens with two attached hydrogens (primary N) is 1. The SMILES string of the molecule is C[C@@H]1O[C@@H](OC[C@H]2O[C@H](O)[C@H](O)[C@@H](O)[C@@H]2O)C[C@@H](N)[C@H]1O. The Morgan fingerprint density at radius 1 is 1.00 bits per heavy atom. The topological polar surface area (TPSA) is 155 Å². The quantitative estimate of drug-likeness (QED) is 0.313. The van der Waals surface area contributed by atoms with Gasteiger partial charge < -0.3 is 45.5 Å². The van der Waals surface area contributed by atoms with E-state index in [0.29, 0.717) is 0 Å². The summed E-state index contributed by atoms with van der Waals surface area (Å²) in [6.07, 6.45) is -8.81. The van der Waals surface area contributed by atoms with Crippen LogP contribution in [0.15, 0.2) is 0 Å². The molecule has 2 aliphatic heterocycles. The zero-order chi connectivity index (χ0) is 15.7. The number of aliphatic hydroxyl groups excluding tert-OH is 5. The summed E-state index contributed by atoms with van der Waals surface area (Å²) >= 11 is 0. The van der Waals surface area contributed by atoms with Crippen molar-refractivity contribution in [2.24, 2.45) is 5.73 Å². The highest BCUT2D eigenvalue weighted by atomic mass is 16.7. The van der Waals surface area contributed by atoms with Crippen LogP contribution in [0, 0.1) is 0 Å². The number of rotatable bonds is 3. The average molecular weight is 309 g/mol. The van der Waals surface area contributed by atoms with Gasteiger partial charge in [0.1, 0.15) is 24.4 Å². The Balaban J connectivity index is 1.85. The van der Waals surface area contributed by atoms with Gasteiger partial charge in [-0.3, -0.25) is 0 Å². The van der Waals surface area contributed by atoms with Crippen LogP contribution in [0.4, 0.5) is 0 Å². The third-order valence-corrected chi connectivity index (χ3v) is 3.88. The lowest BCUT2D eigenvalue weighted by molar-refractivity contribution is -0.302. The molecule has 2 heterocycles. The lowest BCUT2D eigenvalue weighted by Crippen LogP contribution is -2.59. The number of aliphatic hydroxyl groups is 5. The fraction of sp³-hybridized carbons (Fsp3) is 1.00. The highest BCUT2D eigenvalue weighted by Gasteiger charge is 2.43. The summed E-state index contributed by atoms with van der Waals surface area (Å²) in [5.41, 5.74) is 5.75. The van der Waals surface area contributed by atoms with Crippen molar-refractivity contribution in [2.45, 2.75) is 68.6 Å². The predicted octanol–water partition coefficient (Wildman–Crippen LogP) is -3.37. The first-order chi connectivity index (χ1) is 9.81. The summed E-state index contributed by atoms with van der Waals surface area (Å²) in [5.74, 6) is 0. The maximum atomic E-state index is 9.77. The van der Waals surface area contributed by atoms with E-state index in [9.17, 15) is 25.5 Å². The van der Waals surface area contributed by atoms with Gasteiger partial charge in [0, 0.05) is 12.5 Å². The minimum absolute atomic E-state index is 0.164. The van der Waals surface area contributed by atoms with Crippen LogP contribution < -0.4 is 5.73 Å². The molecule has 9 atom stereocenters. The van der Waals surface area contributed by atoms with Crippen LogP contribution in [0.3, 0.4) is 0 Å². The van der Waals surface area contributed by atoms with Gasteiger partial charge in [0.15, 0.2) is 12.6 Å². The first-order valence-electron chi connectivity index (χ1n) is 6.89. The number of hydrogen-bond donors (Lipinski definition) is 6. The molecule has 9 nitrogen and oxygen atoms in total. The fourth-order valence-corrected chi connectivity index (χ4v) is 2.46. The van der Waals surface area contributed by atoms with E-state index < -0.39 is 55.2 Å². The second-order valence-corrected chi connectivity index (χ2v) is 5.53. The molecule has 0 aromatic heterocycles. The first kappa shape index (κ1) is 17.0. The molecule has 0 amide bonds. The van der Waals surface area contributed by atoms with E-state index in [1.165, 1.54) is 0 Å². The lowest BCUT2D eigenvalue weighted by Gasteiger charge is -2.40. The van der Waals surface area contributed by atoms with Crippen LogP contribution in [-0.4, -0.2) is 87.4 Å². The molecule has 0 aromatic rings. The van der Waals surface area contributed by atoms with E-state index in [1.54, 1.807) is 6.92 Å². The third kappa shape index (κ3) is 3.70. The summed E-state index contributed by atoms with van der Waals surface area (Å²) in [6.45, 7) is 1.50. The molecule has 0 radical (unpaired) electrons. The molecule has 0 bridgehead atoms. The van der Waals surface area contributed by atoms with E-state index in [4.69, 9.17) is 19.9 Å². The van der Waals surface area contributed by atoms with E-state index in [-0.39, 0.29) is 13.0 Å².